The van der Waals surface area contributed by atoms with Crippen LogP contribution in [0.4, 0.5) is 22.7 Å². The number of aromatic nitrogens is 8. The fourth-order valence-electron chi connectivity index (χ4n) is 9.53. The standard InChI is InChI=1S/C21H21N5O4S.C21H20N2O4S.C19H18N6O4S/c1-3-30-19(27)12-26-16-11-14(20-22-24-25-23-20)6-9-17(16)31-18(21(26)28)10-13-4-7-15(29-2)8-5-13;1-4-27-20(24)13-23-17-12-15(22-2)7-10-18(17)28-19(21(23)25)11-14-5-8-16(26-3)9-6-14;1-29-13-5-2-11(3-6-13)8-16-19(27)25(10-17(26)22-28)14-9-12(4-7-15(14)30-16)18-20-23-24-21-18/h4-9,11,18H,3,10,12H2,1-2H3,(H,22,23,24,25);5-10,12,19H,4,11,13H2,1,3H3;2-7,9,16,28H,8,10H2,1H3,(H,22,26)(H,20,21,23,24). The van der Waals surface area contributed by atoms with E-state index in [-0.39, 0.29) is 61.1 Å². The fourth-order valence-corrected chi connectivity index (χ4v) is 13.3. The van der Waals surface area contributed by atoms with Crippen LogP contribution in [0.1, 0.15) is 30.5 Å². The van der Waals surface area contributed by atoms with Gasteiger partial charge in [0.1, 0.15) is 36.9 Å². The van der Waals surface area contributed by atoms with Crippen molar-refractivity contribution in [3.63, 3.8) is 0 Å². The lowest BCUT2D eigenvalue weighted by Crippen LogP contribution is -2.46. The number of rotatable bonds is 19. The van der Waals surface area contributed by atoms with Gasteiger partial charge in [-0.2, -0.15) is 10.4 Å². The number of nitrogens with zero attached hydrogens (tertiary/aromatic N) is 10. The summed E-state index contributed by atoms with van der Waals surface area (Å²) in [7, 11) is 4.82. The molecule has 28 heteroatoms. The average molecular weight is 1260 g/mol. The number of nitrogens with one attached hydrogen (secondary N) is 3. The zero-order chi connectivity index (χ0) is 63.0. The minimum atomic E-state index is -0.686. The fraction of sp³-hybridized carbons (Fsp3) is 0.262. The van der Waals surface area contributed by atoms with Crippen molar-refractivity contribution in [2.45, 2.75) is 63.5 Å². The summed E-state index contributed by atoms with van der Waals surface area (Å²) in [6.07, 6.45) is 1.53. The molecule has 89 heavy (non-hydrogen) atoms. The van der Waals surface area contributed by atoms with E-state index in [2.05, 4.69) is 46.1 Å². The van der Waals surface area contributed by atoms with E-state index in [0.717, 1.165) is 48.6 Å². The van der Waals surface area contributed by atoms with Crippen LogP contribution in [-0.4, -0.2) is 152 Å². The summed E-state index contributed by atoms with van der Waals surface area (Å²) >= 11 is 4.37. The molecule has 4 amide bonds. The Hall–Kier alpha value is -9.82. The zero-order valence-corrected chi connectivity index (χ0v) is 51.1. The highest BCUT2D eigenvalue weighted by Crippen LogP contribution is 2.45. The monoisotopic (exact) mass is 1260 g/mol. The molecule has 11 rings (SSSR count). The molecular formula is C61H59N13O12S3. The molecule has 3 unspecified atom stereocenters. The molecule has 0 spiro atoms. The summed E-state index contributed by atoms with van der Waals surface area (Å²) in [5.74, 6) is 0.899. The summed E-state index contributed by atoms with van der Waals surface area (Å²) in [5, 5.41) is 35.7. The Morgan fingerprint density at radius 1 is 0.539 bits per heavy atom. The highest BCUT2D eigenvalue weighted by molar-refractivity contribution is 8.01. The molecule has 458 valence electrons. The predicted octanol–water partition coefficient (Wildman–Crippen LogP) is 7.78. The number of fused-ring (bicyclic) bond motifs is 3. The van der Waals surface area contributed by atoms with Crippen molar-refractivity contribution in [1.82, 2.24) is 46.7 Å². The van der Waals surface area contributed by atoms with Crippen LogP contribution in [0, 0.1) is 6.57 Å². The molecule has 3 aliphatic rings. The smallest absolute Gasteiger partial charge is 0.326 e. The first kappa shape index (κ1) is 63.7. The minimum absolute atomic E-state index is 0.147. The van der Waals surface area contributed by atoms with E-state index in [4.69, 9.17) is 35.5 Å². The molecule has 2 aromatic heterocycles. The van der Waals surface area contributed by atoms with Crippen LogP contribution >= 0.6 is 35.3 Å². The van der Waals surface area contributed by atoms with Gasteiger partial charge in [0, 0.05) is 31.5 Å². The van der Waals surface area contributed by atoms with Crippen LogP contribution in [0.25, 0.3) is 27.6 Å². The number of benzene rings is 6. The molecule has 0 aliphatic carbocycles. The number of tetrazole rings is 2. The van der Waals surface area contributed by atoms with E-state index >= 15 is 0 Å². The van der Waals surface area contributed by atoms with Crippen molar-refractivity contribution in [2.75, 3.05) is 68.9 Å². The number of hydrogen-bond donors (Lipinski definition) is 4. The first-order chi connectivity index (χ1) is 43.2. The lowest BCUT2D eigenvalue weighted by atomic mass is 10.1. The number of carbonyl (C=O) groups excluding carboxylic acids is 6. The number of ether oxygens (including phenoxy) is 5. The van der Waals surface area contributed by atoms with Gasteiger partial charge in [0.05, 0.1) is 68.2 Å². The van der Waals surface area contributed by atoms with E-state index in [1.807, 2.05) is 103 Å². The number of methoxy groups -OCH3 is 3. The number of esters is 2. The third kappa shape index (κ3) is 15.9. The largest absolute Gasteiger partial charge is 0.497 e. The highest BCUT2D eigenvalue weighted by atomic mass is 32.2. The van der Waals surface area contributed by atoms with Gasteiger partial charge in [-0.05, 0) is 139 Å². The van der Waals surface area contributed by atoms with Crippen LogP contribution in [0.5, 0.6) is 17.2 Å². The summed E-state index contributed by atoms with van der Waals surface area (Å²) in [4.78, 5) is 86.3. The molecule has 4 N–H and O–H groups in total. The molecule has 5 heterocycles. The first-order valence-corrected chi connectivity index (χ1v) is 30.2. The number of anilines is 3. The number of hydrogen-bond acceptors (Lipinski definition) is 21. The topological polar surface area (TPSA) is 304 Å². The van der Waals surface area contributed by atoms with Gasteiger partial charge >= 0.3 is 11.9 Å². The minimum Gasteiger partial charge on any atom is -0.497 e. The van der Waals surface area contributed by atoms with Gasteiger partial charge in [0.25, 0.3) is 5.91 Å². The van der Waals surface area contributed by atoms with Gasteiger partial charge in [-0.3, -0.25) is 38.9 Å². The van der Waals surface area contributed by atoms with E-state index < -0.39 is 23.1 Å². The summed E-state index contributed by atoms with van der Waals surface area (Å²) in [6, 6.07) is 38.9. The molecule has 0 saturated carbocycles. The van der Waals surface area contributed by atoms with E-state index in [9.17, 15) is 28.8 Å². The quantitative estimate of drug-likeness (QED) is 0.0260. The van der Waals surface area contributed by atoms with Crippen molar-refractivity contribution in [1.29, 1.82) is 0 Å². The lowest BCUT2D eigenvalue weighted by Gasteiger charge is -2.33. The molecule has 0 saturated heterocycles. The maximum atomic E-state index is 13.4. The maximum Gasteiger partial charge on any atom is 0.326 e. The Kier molecular flexibility index (Phi) is 21.6. The van der Waals surface area contributed by atoms with Gasteiger partial charge in [-0.15, -0.1) is 55.7 Å². The molecular weight excluding hydrogens is 1200 g/mol. The third-order valence-electron chi connectivity index (χ3n) is 13.9. The Bertz CT molecular complexity index is 3840. The van der Waals surface area contributed by atoms with Gasteiger partial charge in [-0.1, -0.05) is 48.5 Å². The summed E-state index contributed by atoms with van der Waals surface area (Å²) in [6.45, 7) is 10.6. The molecule has 25 nitrogen and oxygen atoms in total. The molecule has 3 atom stereocenters. The van der Waals surface area contributed by atoms with E-state index in [0.29, 0.717) is 64.8 Å². The van der Waals surface area contributed by atoms with Gasteiger partial charge in [-0.25, -0.2) is 10.3 Å². The average Bonchev–Trinajstić information content (AvgIpc) is 2.74. The van der Waals surface area contributed by atoms with Gasteiger partial charge in [0.15, 0.2) is 5.69 Å². The highest BCUT2D eigenvalue weighted by Gasteiger charge is 2.38. The Morgan fingerprint density at radius 3 is 1.22 bits per heavy atom. The number of hydroxylamine groups is 1. The maximum absolute atomic E-state index is 13.4. The second-order valence-electron chi connectivity index (χ2n) is 19.5. The molecule has 8 aromatic rings. The van der Waals surface area contributed by atoms with Crippen molar-refractivity contribution < 1.29 is 57.7 Å². The van der Waals surface area contributed by atoms with Crippen molar-refractivity contribution in [3.05, 3.63) is 156 Å². The molecule has 3 aliphatic heterocycles. The Morgan fingerprint density at radius 2 is 0.899 bits per heavy atom. The van der Waals surface area contributed by atoms with Crippen LogP contribution in [0.2, 0.25) is 0 Å². The second-order valence-corrected chi connectivity index (χ2v) is 23.2. The van der Waals surface area contributed by atoms with Crippen molar-refractivity contribution >= 4 is 93.6 Å². The lowest BCUT2D eigenvalue weighted by molar-refractivity contribution is -0.143. The zero-order valence-electron chi connectivity index (χ0n) is 48.6. The predicted molar refractivity (Wildman–Crippen MR) is 331 cm³/mol. The SMILES string of the molecule is CCOC(=O)CN1C(=O)C(Cc2ccc(OC)cc2)Sc2ccc(-c3nn[nH]n3)cc21.COc1ccc(CC2Sc3ccc(-c4nn[nH]n4)cc3N(CC(=O)NO)C2=O)cc1.[C-]#[N+]c1ccc2c(c1)N(CC(=O)OCC)C(=O)C(Cc1ccc(OC)cc1)S2. The number of carbonyl (C=O) groups is 6. The number of aromatic amines is 2. The Labute approximate surface area is 523 Å². The molecule has 0 radical (unpaired) electrons. The molecule has 0 bridgehead atoms. The number of amides is 4. The summed E-state index contributed by atoms with van der Waals surface area (Å²) < 4.78 is 25.7. The first-order valence-electron chi connectivity index (χ1n) is 27.6. The van der Waals surface area contributed by atoms with Crippen LogP contribution < -0.4 is 34.4 Å². The normalized spacial score (nSPS) is 15.5. The number of thioether (sulfide) groups is 3. The van der Waals surface area contributed by atoms with Crippen LogP contribution in [0.3, 0.4) is 0 Å². The van der Waals surface area contributed by atoms with E-state index in [1.54, 1.807) is 64.9 Å². The van der Waals surface area contributed by atoms with Crippen LogP contribution in [0.15, 0.2) is 142 Å². The van der Waals surface area contributed by atoms with Crippen molar-refractivity contribution in [2.24, 2.45) is 0 Å². The van der Waals surface area contributed by atoms with E-state index in [1.165, 1.54) is 50.0 Å². The Balaban J connectivity index is 0.000000159. The van der Waals surface area contributed by atoms with Gasteiger partial charge < -0.3 is 33.5 Å². The van der Waals surface area contributed by atoms with Crippen molar-refractivity contribution in [3.8, 4) is 40.0 Å². The second kappa shape index (κ2) is 30.2. The number of H-pyrrole nitrogens is 2. The third-order valence-corrected chi connectivity index (χ3v) is 17.6. The van der Waals surface area contributed by atoms with Crippen LogP contribution in [-0.2, 0) is 57.5 Å². The van der Waals surface area contributed by atoms with Gasteiger partial charge in [0.2, 0.25) is 29.4 Å². The summed E-state index contributed by atoms with van der Waals surface area (Å²) in [5.41, 5.74) is 8.13. The molecule has 0 fully saturated rings. The molecule has 6 aromatic carbocycles.